The molecule has 4 heteroatoms. The summed E-state index contributed by atoms with van der Waals surface area (Å²) < 4.78 is 23.3. The van der Waals surface area contributed by atoms with Crippen molar-refractivity contribution in [2.75, 3.05) is 6.26 Å². The van der Waals surface area contributed by atoms with Crippen LogP contribution in [0.5, 0.6) is 0 Å². The van der Waals surface area contributed by atoms with Crippen molar-refractivity contribution < 1.29 is 8.42 Å². The van der Waals surface area contributed by atoms with Crippen molar-refractivity contribution in [2.24, 2.45) is 0 Å². The molecule has 1 unspecified atom stereocenters. The monoisotopic (exact) mass is 303 g/mol. The van der Waals surface area contributed by atoms with Crippen molar-refractivity contribution in [3.8, 4) is 11.3 Å². The first-order valence-corrected chi connectivity index (χ1v) is 9.00. The van der Waals surface area contributed by atoms with Crippen LogP contribution in [0, 0.1) is 6.92 Å². The van der Waals surface area contributed by atoms with Crippen molar-refractivity contribution in [3.63, 3.8) is 0 Å². The molecule has 0 aliphatic heterocycles. The number of aryl methyl sites for hydroxylation is 1. The van der Waals surface area contributed by atoms with Gasteiger partial charge in [0, 0.05) is 17.5 Å². The van der Waals surface area contributed by atoms with E-state index in [2.05, 4.69) is 24.9 Å². The number of sulfone groups is 1. The van der Waals surface area contributed by atoms with E-state index in [0.717, 1.165) is 23.4 Å². The molecule has 0 amide bonds. The van der Waals surface area contributed by atoms with Gasteiger partial charge in [-0.15, -0.1) is 0 Å². The summed E-state index contributed by atoms with van der Waals surface area (Å²) in [6.07, 6.45) is 2.29. The molecule has 0 radical (unpaired) electrons. The molecule has 112 valence electrons. The van der Waals surface area contributed by atoms with Crippen LogP contribution < -0.4 is 0 Å². The van der Waals surface area contributed by atoms with E-state index in [0.29, 0.717) is 10.8 Å². The Morgan fingerprint density at radius 2 is 1.90 bits per heavy atom. The lowest BCUT2D eigenvalue weighted by molar-refractivity contribution is 0.602. The lowest BCUT2D eigenvalue weighted by Gasteiger charge is -2.13. The third-order valence-corrected chi connectivity index (χ3v) is 4.94. The molecule has 0 aliphatic rings. The maximum Gasteiger partial charge on any atom is 0.175 e. The zero-order valence-electron chi connectivity index (χ0n) is 12.9. The summed E-state index contributed by atoms with van der Waals surface area (Å²) in [5.74, 6) is 0.480. The lowest BCUT2D eigenvalue weighted by Crippen LogP contribution is -2.00. The maximum atomic E-state index is 11.6. The third-order valence-electron chi connectivity index (χ3n) is 3.83. The Labute approximate surface area is 127 Å². The lowest BCUT2D eigenvalue weighted by atomic mass is 9.96. The number of benzene rings is 1. The number of rotatable bonds is 4. The molecular formula is C17H21NO2S. The first-order valence-electron chi connectivity index (χ1n) is 7.11. The Balaban J connectivity index is 2.46. The van der Waals surface area contributed by atoms with Crippen molar-refractivity contribution in [1.29, 1.82) is 0 Å². The van der Waals surface area contributed by atoms with Crippen LogP contribution in [0.2, 0.25) is 0 Å². The fourth-order valence-corrected chi connectivity index (χ4v) is 3.03. The molecule has 0 spiro atoms. The van der Waals surface area contributed by atoms with Gasteiger partial charge in [-0.25, -0.2) is 8.42 Å². The highest BCUT2D eigenvalue weighted by molar-refractivity contribution is 7.90. The van der Waals surface area contributed by atoms with Crippen LogP contribution in [-0.4, -0.2) is 19.7 Å². The average molecular weight is 303 g/mol. The van der Waals surface area contributed by atoms with Crippen molar-refractivity contribution >= 4 is 9.84 Å². The molecule has 0 fully saturated rings. The van der Waals surface area contributed by atoms with E-state index < -0.39 is 9.84 Å². The minimum Gasteiger partial charge on any atom is -0.253 e. The number of nitrogens with zero attached hydrogens (tertiary/aromatic N) is 1. The summed E-state index contributed by atoms with van der Waals surface area (Å²) in [4.78, 5) is 4.97. The highest BCUT2D eigenvalue weighted by Gasteiger charge is 2.11. The van der Waals surface area contributed by atoms with E-state index >= 15 is 0 Å². The summed E-state index contributed by atoms with van der Waals surface area (Å²) in [5, 5.41) is 0. The van der Waals surface area contributed by atoms with Crippen LogP contribution in [0.25, 0.3) is 11.3 Å². The van der Waals surface area contributed by atoms with Gasteiger partial charge in [0.25, 0.3) is 0 Å². The van der Waals surface area contributed by atoms with E-state index in [4.69, 9.17) is 0 Å². The van der Waals surface area contributed by atoms with Crippen LogP contribution >= 0.6 is 0 Å². The summed E-state index contributed by atoms with van der Waals surface area (Å²) in [7, 11) is -3.20. The predicted octanol–water partition coefficient (Wildman–Crippen LogP) is 3.97. The highest BCUT2D eigenvalue weighted by atomic mass is 32.2. The van der Waals surface area contributed by atoms with Crippen LogP contribution in [0.15, 0.2) is 41.3 Å². The minimum atomic E-state index is -3.20. The Hall–Kier alpha value is -1.68. The van der Waals surface area contributed by atoms with Gasteiger partial charge < -0.3 is 0 Å². The van der Waals surface area contributed by atoms with E-state index in [1.54, 1.807) is 18.2 Å². The summed E-state index contributed by atoms with van der Waals surface area (Å²) in [6, 6.07) is 11.0. The average Bonchev–Trinajstić information content (AvgIpc) is 2.45. The van der Waals surface area contributed by atoms with Crippen LogP contribution in [0.3, 0.4) is 0 Å². The van der Waals surface area contributed by atoms with Crippen LogP contribution in [-0.2, 0) is 9.84 Å². The van der Waals surface area contributed by atoms with Gasteiger partial charge in [-0.2, -0.15) is 0 Å². The number of hydrogen-bond donors (Lipinski definition) is 0. The number of hydrogen-bond acceptors (Lipinski definition) is 3. The molecule has 2 aromatic rings. The normalized spacial score (nSPS) is 13.1. The molecule has 1 heterocycles. The zero-order valence-corrected chi connectivity index (χ0v) is 13.7. The van der Waals surface area contributed by atoms with Gasteiger partial charge in [0.1, 0.15) is 0 Å². The second-order valence-corrected chi connectivity index (χ2v) is 7.50. The molecule has 0 saturated carbocycles. The van der Waals surface area contributed by atoms with E-state index in [1.165, 1.54) is 11.8 Å². The molecule has 0 bridgehead atoms. The third kappa shape index (κ3) is 3.50. The second kappa shape index (κ2) is 5.98. The van der Waals surface area contributed by atoms with Gasteiger partial charge in [0.2, 0.25) is 0 Å². The van der Waals surface area contributed by atoms with E-state index in [1.807, 2.05) is 19.1 Å². The number of pyridine rings is 1. The van der Waals surface area contributed by atoms with Gasteiger partial charge in [-0.1, -0.05) is 32.0 Å². The summed E-state index contributed by atoms with van der Waals surface area (Å²) in [5.41, 5.74) is 3.90. The fourth-order valence-electron chi connectivity index (χ4n) is 2.36. The Morgan fingerprint density at radius 1 is 1.19 bits per heavy atom. The Kier molecular flexibility index (Phi) is 4.47. The first-order chi connectivity index (χ1) is 9.82. The molecule has 1 atom stereocenters. The van der Waals surface area contributed by atoms with Gasteiger partial charge in [0.15, 0.2) is 9.84 Å². The van der Waals surface area contributed by atoms with Crippen LogP contribution in [0.4, 0.5) is 0 Å². The quantitative estimate of drug-likeness (QED) is 0.858. The van der Waals surface area contributed by atoms with Gasteiger partial charge >= 0.3 is 0 Å². The maximum absolute atomic E-state index is 11.6. The van der Waals surface area contributed by atoms with Gasteiger partial charge in [-0.05, 0) is 43.0 Å². The van der Waals surface area contributed by atoms with Crippen molar-refractivity contribution in [3.05, 3.63) is 47.7 Å². The summed E-state index contributed by atoms with van der Waals surface area (Å²) in [6.45, 7) is 6.35. The predicted molar refractivity (Wildman–Crippen MR) is 86.2 cm³/mol. The fraction of sp³-hybridized carbons (Fsp3) is 0.353. The SMILES string of the molecule is CCC(C)c1ccc(-c2cccc(S(C)(=O)=O)c2)nc1C. The molecule has 0 aliphatic carbocycles. The highest BCUT2D eigenvalue weighted by Crippen LogP contribution is 2.26. The van der Waals surface area contributed by atoms with Gasteiger partial charge in [0.05, 0.1) is 10.6 Å². The first kappa shape index (κ1) is 15.7. The molecular weight excluding hydrogens is 282 g/mol. The van der Waals surface area contributed by atoms with E-state index in [-0.39, 0.29) is 0 Å². The molecule has 0 N–H and O–H groups in total. The molecule has 0 saturated heterocycles. The van der Waals surface area contributed by atoms with Crippen molar-refractivity contribution in [1.82, 2.24) is 4.98 Å². The van der Waals surface area contributed by atoms with Gasteiger partial charge in [-0.3, -0.25) is 4.98 Å². The van der Waals surface area contributed by atoms with Crippen molar-refractivity contribution in [2.45, 2.75) is 38.0 Å². The van der Waals surface area contributed by atoms with Crippen LogP contribution in [0.1, 0.15) is 37.4 Å². The standard InChI is InChI=1S/C17H21NO2S/c1-5-12(2)16-9-10-17(18-13(16)3)14-7-6-8-15(11-14)21(4,19)20/h6-12H,5H2,1-4H3. The Morgan fingerprint density at radius 3 is 2.48 bits per heavy atom. The van der Waals surface area contributed by atoms with E-state index in [9.17, 15) is 8.42 Å². The second-order valence-electron chi connectivity index (χ2n) is 5.48. The molecule has 2 rings (SSSR count). The Bertz CT molecular complexity index is 751. The summed E-state index contributed by atoms with van der Waals surface area (Å²) >= 11 is 0. The zero-order chi connectivity index (χ0) is 15.6. The molecule has 3 nitrogen and oxygen atoms in total. The minimum absolute atomic E-state index is 0.324. The smallest absolute Gasteiger partial charge is 0.175 e. The molecule has 1 aromatic carbocycles. The largest absolute Gasteiger partial charge is 0.253 e. The molecule has 1 aromatic heterocycles. The topological polar surface area (TPSA) is 47.0 Å². The number of aromatic nitrogens is 1. The molecule has 21 heavy (non-hydrogen) atoms.